The first-order chi connectivity index (χ1) is 36.7. The van der Waals surface area contributed by atoms with Gasteiger partial charge in [-0.2, -0.15) is 0 Å². The molecule has 3 amide bonds. The minimum Gasteiger partial charge on any atom is -0.481 e. The van der Waals surface area contributed by atoms with Crippen LogP contribution in [-0.4, -0.2) is 131 Å². The number of nitrogens with one attached hydrogen (secondary N) is 6. The summed E-state index contributed by atoms with van der Waals surface area (Å²) in [7, 11) is 0. The second-order valence-corrected chi connectivity index (χ2v) is 21.0. The number of amides is 3. The minimum atomic E-state index is -0.803. The van der Waals surface area contributed by atoms with Crippen LogP contribution < -0.4 is 39.2 Å². The zero-order chi connectivity index (χ0) is 53.5. The van der Waals surface area contributed by atoms with Gasteiger partial charge in [0.2, 0.25) is 0 Å². The molecule has 6 aromatic rings. The van der Waals surface area contributed by atoms with E-state index in [0.717, 1.165) is 74.2 Å². The molecule has 0 bridgehead atoms. The number of carboxylic acids is 1. The Morgan fingerprint density at radius 3 is 1.12 bits per heavy atom. The van der Waals surface area contributed by atoms with Crippen LogP contribution in [0.3, 0.4) is 0 Å². The van der Waals surface area contributed by atoms with Crippen molar-refractivity contribution >= 4 is 85.4 Å². The highest BCUT2D eigenvalue weighted by molar-refractivity contribution is 6.07. The number of aromatic amines is 3. The Hall–Kier alpha value is -7.47. The first-order valence-electron chi connectivity index (χ1n) is 26.5. The molecule has 15 N–H and O–H groups in total. The fraction of sp³-hybridized carbons (Fsp3) is 0.491. The van der Waals surface area contributed by atoms with Crippen molar-refractivity contribution in [1.29, 1.82) is 0 Å². The minimum absolute atomic E-state index is 0.0717. The summed E-state index contributed by atoms with van der Waals surface area (Å²) < 4.78 is 0. The number of nitrogens with two attached hydrogens (primary N) is 4. The molecular formula is C53H70N16O7. The summed E-state index contributed by atoms with van der Waals surface area (Å²) in [5.41, 5.74) is 36.4. The van der Waals surface area contributed by atoms with Crippen molar-refractivity contribution in [3.8, 4) is 0 Å². The average Bonchev–Trinajstić information content (AvgIpc) is 4.38. The highest BCUT2D eigenvalue weighted by Gasteiger charge is 2.34. The maximum atomic E-state index is 12.4. The fourth-order valence-electron chi connectivity index (χ4n) is 10.0. The quantitative estimate of drug-likeness (QED) is 0.0605. The molecule has 6 aliphatic rings. The second kappa shape index (κ2) is 24.0. The number of carboxylic acid groups (broad SMARTS) is 1. The standard InChI is InChI=1S/2C18H23N5O2.C14H17N5O3.C3H7N/c2*19-17(25)14-9-21-18-13(5-6-20-18)16(14)22-23-7-1-2-12(10-23)15(24)8-11-3-4-11;15-12(20)10-6-17-13-9(3-4-16-13)11(10)18-19-5-1-2-8(7-19)14(21)22;4-3-1-2-3/h2*5-6,9,11-12H,1-4,7-8,10H2,(H2,19,25)(H2,20,21,22);3-4,6,8H,1-2,5,7H2,(H2,15,20)(H,21,22)(H2,16,17,18);3H,1-2,4H2/t2*12-;8-;/m000./s1. The smallest absolute Gasteiger partial charge is 0.307 e. The first kappa shape index (κ1) is 53.4. The van der Waals surface area contributed by atoms with Crippen LogP contribution in [0, 0.1) is 29.6 Å². The van der Waals surface area contributed by atoms with Gasteiger partial charge in [0.05, 0.1) is 39.7 Å². The van der Waals surface area contributed by atoms with Crippen molar-refractivity contribution in [1.82, 2.24) is 44.9 Å². The van der Waals surface area contributed by atoms with Crippen LogP contribution >= 0.6 is 0 Å². The highest BCUT2D eigenvalue weighted by atomic mass is 16.4. The van der Waals surface area contributed by atoms with Crippen LogP contribution in [0.1, 0.15) is 121 Å². The molecule has 6 fully saturated rings. The summed E-state index contributed by atoms with van der Waals surface area (Å²) in [6.07, 6.45) is 23.7. The number of rotatable bonds is 16. The molecule has 404 valence electrons. The van der Waals surface area contributed by atoms with E-state index < -0.39 is 29.6 Å². The number of hydrogen-bond donors (Lipinski definition) is 11. The van der Waals surface area contributed by atoms with Gasteiger partial charge in [0.25, 0.3) is 17.7 Å². The number of Topliss-reactive ketones (excluding diaryl/α,β-unsaturated/α-hetero) is 2. The number of hydrogen-bond acceptors (Lipinski definition) is 16. The molecule has 3 aliphatic heterocycles. The molecule has 3 saturated carbocycles. The highest BCUT2D eigenvalue weighted by Crippen LogP contribution is 2.37. The number of carbonyl (C=O) groups excluding carboxylic acids is 5. The molecule has 23 heteroatoms. The van der Waals surface area contributed by atoms with Crippen LogP contribution in [0.25, 0.3) is 33.1 Å². The van der Waals surface area contributed by atoms with Crippen molar-refractivity contribution in [2.45, 2.75) is 95.9 Å². The number of piperidine rings is 3. The largest absolute Gasteiger partial charge is 0.481 e. The number of aromatic nitrogens is 6. The number of H-pyrrole nitrogens is 3. The molecule has 6 aromatic heterocycles. The zero-order valence-corrected chi connectivity index (χ0v) is 42.7. The second-order valence-electron chi connectivity index (χ2n) is 21.0. The first-order valence-corrected chi connectivity index (χ1v) is 26.5. The van der Waals surface area contributed by atoms with Gasteiger partial charge in [-0.3, -0.25) is 28.8 Å². The number of fused-ring (bicyclic) bond motifs is 3. The third-order valence-electron chi connectivity index (χ3n) is 14.9. The Morgan fingerprint density at radius 2 is 0.829 bits per heavy atom. The van der Waals surface area contributed by atoms with Crippen LogP contribution in [0.4, 0.5) is 17.1 Å². The lowest BCUT2D eigenvalue weighted by Gasteiger charge is -2.33. The van der Waals surface area contributed by atoms with Crippen LogP contribution in [-0.2, 0) is 14.4 Å². The third kappa shape index (κ3) is 13.7. The predicted molar refractivity (Wildman–Crippen MR) is 287 cm³/mol. The number of hydrazine groups is 3. The molecule has 12 rings (SSSR count). The maximum Gasteiger partial charge on any atom is 0.307 e. The number of carbonyl (C=O) groups is 6. The Kier molecular flexibility index (Phi) is 16.9. The SMILES string of the molecule is NC(=O)c1cnc2[nH]ccc2c1NN1CCC[C@H](C(=O)CC2CC2)C1.NC(=O)c1cnc2[nH]ccc2c1NN1CCC[C@H](C(=O)CC2CC2)C1.NC(=O)c1cnc2[nH]ccc2c1NN1CCC[C@H](C(=O)O)C1.NC1CC1. The Bertz CT molecular complexity index is 2930. The molecule has 3 saturated heterocycles. The molecule has 0 aromatic carbocycles. The van der Waals surface area contributed by atoms with E-state index in [0.29, 0.717) is 107 Å². The van der Waals surface area contributed by atoms with E-state index in [-0.39, 0.29) is 17.4 Å². The van der Waals surface area contributed by atoms with Gasteiger partial charge in [-0.15, -0.1) is 0 Å². The normalized spacial score (nSPS) is 21.0. The van der Waals surface area contributed by atoms with E-state index in [2.05, 4.69) is 46.2 Å². The average molecular weight is 1040 g/mol. The topological polar surface area (TPSA) is 359 Å². The summed E-state index contributed by atoms with van der Waals surface area (Å²) in [5.74, 6) is -0.682. The molecule has 3 aliphatic carbocycles. The zero-order valence-electron chi connectivity index (χ0n) is 42.7. The molecule has 9 heterocycles. The number of nitrogens with zero attached hydrogens (tertiary/aromatic N) is 6. The molecule has 0 radical (unpaired) electrons. The van der Waals surface area contributed by atoms with Crippen molar-refractivity contribution in [3.05, 3.63) is 72.1 Å². The lowest BCUT2D eigenvalue weighted by atomic mass is 9.92. The van der Waals surface area contributed by atoms with Gasteiger partial charge in [-0.25, -0.2) is 30.0 Å². The number of pyridine rings is 3. The van der Waals surface area contributed by atoms with Gasteiger partial charge >= 0.3 is 5.97 Å². The summed E-state index contributed by atoms with van der Waals surface area (Å²) in [4.78, 5) is 92.9. The number of ketones is 2. The van der Waals surface area contributed by atoms with E-state index in [9.17, 15) is 28.8 Å². The van der Waals surface area contributed by atoms with Crippen LogP contribution in [0.2, 0.25) is 0 Å². The number of aliphatic carboxylic acids is 1. The van der Waals surface area contributed by atoms with Gasteiger partial charge in [-0.1, -0.05) is 0 Å². The van der Waals surface area contributed by atoms with Gasteiger partial charge in [-0.05, 0) is 107 Å². The van der Waals surface area contributed by atoms with Crippen molar-refractivity contribution < 1.29 is 33.9 Å². The lowest BCUT2D eigenvalue weighted by Crippen LogP contribution is -2.42. The molecule has 3 atom stereocenters. The van der Waals surface area contributed by atoms with Crippen molar-refractivity contribution in [3.63, 3.8) is 0 Å². The number of primary amides is 3. The van der Waals surface area contributed by atoms with E-state index in [1.807, 2.05) is 27.2 Å². The Labute approximate surface area is 439 Å². The molecule has 23 nitrogen and oxygen atoms in total. The Morgan fingerprint density at radius 1 is 0.513 bits per heavy atom. The van der Waals surface area contributed by atoms with Crippen LogP contribution in [0.5, 0.6) is 0 Å². The van der Waals surface area contributed by atoms with Crippen molar-refractivity contribution in [2.75, 3.05) is 55.5 Å². The monoisotopic (exact) mass is 1040 g/mol. The van der Waals surface area contributed by atoms with E-state index >= 15 is 0 Å². The number of anilines is 3. The van der Waals surface area contributed by atoms with Gasteiger partial charge in [0.15, 0.2) is 0 Å². The summed E-state index contributed by atoms with van der Waals surface area (Å²) >= 11 is 0. The lowest BCUT2D eigenvalue weighted by molar-refractivity contribution is -0.143. The molecule has 76 heavy (non-hydrogen) atoms. The summed E-state index contributed by atoms with van der Waals surface area (Å²) in [6, 6.07) is 6.13. The van der Waals surface area contributed by atoms with Crippen molar-refractivity contribution in [2.24, 2.45) is 52.5 Å². The van der Waals surface area contributed by atoms with Gasteiger partial charge < -0.3 is 59.3 Å². The summed E-state index contributed by atoms with van der Waals surface area (Å²) in [5, 5.41) is 17.4. The van der Waals surface area contributed by atoms with Gasteiger partial charge in [0, 0.05) is 123 Å². The fourth-order valence-corrected chi connectivity index (χ4v) is 10.0. The molecule has 0 unspecified atom stereocenters. The van der Waals surface area contributed by atoms with E-state index in [4.69, 9.17) is 28.0 Å². The summed E-state index contributed by atoms with van der Waals surface area (Å²) in [6.45, 7) is 4.08. The predicted octanol–water partition coefficient (Wildman–Crippen LogP) is 5.03. The Balaban J connectivity index is 0.000000134. The van der Waals surface area contributed by atoms with Gasteiger partial charge in [0.1, 0.15) is 28.5 Å². The molecular weight excluding hydrogens is 973 g/mol. The van der Waals surface area contributed by atoms with E-state index in [1.54, 1.807) is 24.7 Å². The third-order valence-corrected chi connectivity index (χ3v) is 14.9. The van der Waals surface area contributed by atoms with E-state index in [1.165, 1.54) is 57.1 Å². The molecule has 0 spiro atoms. The van der Waals surface area contributed by atoms with Crippen LogP contribution in [0.15, 0.2) is 55.4 Å². The maximum absolute atomic E-state index is 12.4.